The summed E-state index contributed by atoms with van der Waals surface area (Å²) in [6.45, 7) is 0. The van der Waals surface area contributed by atoms with Crippen molar-refractivity contribution in [2.45, 2.75) is 0 Å². The van der Waals surface area contributed by atoms with Gasteiger partial charge in [0, 0.05) is 29.5 Å². The van der Waals surface area contributed by atoms with Gasteiger partial charge in [0.1, 0.15) is 23.2 Å². The Bertz CT molecular complexity index is 1200. The van der Waals surface area contributed by atoms with Gasteiger partial charge in [-0.2, -0.15) is 5.26 Å². The molecule has 9 nitrogen and oxygen atoms in total. The van der Waals surface area contributed by atoms with E-state index in [2.05, 4.69) is 5.32 Å². The average molecular weight is 403 g/mol. The Labute approximate surface area is 169 Å². The van der Waals surface area contributed by atoms with E-state index in [-0.39, 0.29) is 28.3 Å². The third kappa shape index (κ3) is 4.58. The van der Waals surface area contributed by atoms with Crippen molar-refractivity contribution in [3.63, 3.8) is 0 Å². The number of rotatable bonds is 6. The molecule has 148 valence electrons. The van der Waals surface area contributed by atoms with Crippen LogP contribution < -0.4 is 5.32 Å². The van der Waals surface area contributed by atoms with Crippen LogP contribution in [0.1, 0.15) is 16.1 Å². The van der Waals surface area contributed by atoms with Crippen molar-refractivity contribution in [3.05, 3.63) is 87.7 Å². The summed E-state index contributed by atoms with van der Waals surface area (Å²) in [4.78, 5) is 33.5. The average Bonchev–Trinajstić information content (AvgIpc) is 3.20. The van der Waals surface area contributed by atoms with Crippen LogP contribution in [-0.4, -0.2) is 21.9 Å². The number of nitriles is 1. The Morgan fingerprint density at radius 2 is 1.87 bits per heavy atom. The number of carbonyl (C=O) groups is 2. The Morgan fingerprint density at radius 1 is 1.13 bits per heavy atom. The molecule has 9 heteroatoms. The fourth-order valence-corrected chi connectivity index (χ4v) is 2.55. The van der Waals surface area contributed by atoms with Crippen molar-refractivity contribution in [2.24, 2.45) is 0 Å². The maximum atomic E-state index is 12.3. The second-order valence-electron chi connectivity index (χ2n) is 6.02. The molecule has 2 aromatic carbocycles. The molecule has 1 heterocycles. The highest BCUT2D eigenvalue weighted by atomic mass is 16.6. The standard InChI is InChI=1S/C21H13N3O6/c22-12-15(20(25)23-16-2-1-3-17(11-16)24(28)29)10-18-8-9-19(30-18)13-4-6-14(7-5-13)21(26)27/h1-11H,(H,23,25)(H,26,27). The molecule has 3 aromatic rings. The van der Waals surface area contributed by atoms with E-state index >= 15 is 0 Å². The van der Waals surface area contributed by atoms with Crippen LogP contribution in [0.25, 0.3) is 17.4 Å². The first-order valence-electron chi connectivity index (χ1n) is 8.48. The third-order valence-corrected chi connectivity index (χ3v) is 4.01. The lowest BCUT2D eigenvalue weighted by atomic mass is 10.1. The second kappa shape index (κ2) is 8.53. The van der Waals surface area contributed by atoms with E-state index in [1.807, 2.05) is 0 Å². The lowest BCUT2D eigenvalue weighted by molar-refractivity contribution is -0.384. The number of amides is 1. The fourth-order valence-electron chi connectivity index (χ4n) is 2.55. The van der Waals surface area contributed by atoms with Crippen molar-refractivity contribution in [1.82, 2.24) is 0 Å². The minimum atomic E-state index is -1.04. The van der Waals surface area contributed by atoms with Gasteiger partial charge in [-0.25, -0.2) is 4.79 Å². The molecule has 1 aromatic heterocycles. The first-order valence-corrected chi connectivity index (χ1v) is 8.48. The van der Waals surface area contributed by atoms with Crippen LogP contribution in [0.15, 0.2) is 70.7 Å². The van der Waals surface area contributed by atoms with E-state index < -0.39 is 16.8 Å². The van der Waals surface area contributed by atoms with Crippen molar-refractivity contribution < 1.29 is 24.0 Å². The number of benzene rings is 2. The number of carboxylic acid groups (broad SMARTS) is 1. The van der Waals surface area contributed by atoms with Gasteiger partial charge in [0.05, 0.1) is 10.5 Å². The molecule has 0 fully saturated rings. The number of hydrogen-bond acceptors (Lipinski definition) is 6. The third-order valence-electron chi connectivity index (χ3n) is 4.01. The molecule has 0 saturated heterocycles. The monoisotopic (exact) mass is 403 g/mol. The number of anilines is 1. The van der Waals surface area contributed by atoms with Gasteiger partial charge < -0.3 is 14.8 Å². The Morgan fingerprint density at radius 3 is 2.50 bits per heavy atom. The highest BCUT2D eigenvalue weighted by Gasteiger charge is 2.14. The predicted molar refractivity (Wildman–Crippen MR) is 106 cm³/mol. The first-order chi connectivity index (χ1) is 14.4. The predicted octanol–water partition coefficient (Wildman–Crippen LogP) is 4.10. The molecule has 0 bridgehead atoms. The zero-order valence-electron chi connectivity index (χ0n) is 15.2. The van der Waals surface area contributed by atoms with E-state index in [0.717, 1.165) is 0 Å². The van der Waals surface area contributed by atoms with Gasteiger partial charge in [-0.3, -0.25) is 14.9 Å². The minimum Gasteiger partial charge on any atom is -0.478 e. The summed E-state index contributed by atoms with van der Waals surface area (Å²) in [6, 6.07) is 16.3. The van der Waals surface area contributed by atoms with Gasteiger partial charge in [-0.05, 0) is 30.3 Å². The molecule has 2 N–H and O–H groups in total. The number of non-ortho nitro benzene ring substituents is 1. The molecule has 0 atom stereocenters. The molecule has 0 radical (unpaired) electrons. The normalized spacial score (nSPS) is 10.8. The number of carboxylic acids is 1. The maximum Gasteiger partial charge on any atom is 0.335 e. The summed E-state index contributed by atoms with van der Waals surface area (Å²) in [5.41, 5.74) is 0.478. The summed E-state index contributed by atoms with van der Waals surface area (Å²) in [7, 11) is 0. The van der Waals surface area contributed by atoms with Crippen LogP contribution in [0.5, 0.6) is 0 Å². The first kappa shape index (κ1) is 20.0. The van der Waals surface area contributed by atoms with Crippen molar-refractivity contribution in [2.75, 3.05) is 5.32 Å². The zero-order valence-corrected chi connectivity index (χ0v) is 15.2. The molecule has 0 unspecified atom stereocenters. The second-order valence-corrected chi connectivity index (χ2v) is 6.02. The number of nitrogens with one attached hydrogen (secondary N) is 1. The number of aromatic carboxylic acids is 1. The summed E-state index contributed by atoms with van der Waals surface area (Å²) in [5, 5.41) is 31.5. The van der Waals surface area contributed by atoms with Crippen molar-refractivity contribution in [3.8, 4) is 17.4 Å². The van der Waals surface area contributed by atoms with Crippen LogP contribution in [0.4, 0.5) is 11.4 Å². The summed E-state index contributed by atoms with van der Waals surface area (Å²) < 4.78 is 5.61. The van der Waals surface area contributed by atoms with Gasteiger partial charge in [-0.1, -0.05) is 18.2 Å². The number of furan rings is 1. The lowest BCUT2D eigenvalue weighted by Crippen LogP contribution is -2.13. The molecule has 0 saturated carbocycles. The molecule has 0 aliphatic rings. The minimum absolute atomic E-state index is 0.134. The maximum absolute atomic E-state index is 12.3. The molecule has 0 spiro atoms. The molecule has 0 aliphatic heterocycles. The number of nitrogens with zero attached hydrogens (tertiary/aromatic N) is 2. The van der Waals surface area contributed by atoms with Gasteiger partial charge >= 0.3 is 5.97 Å². The van der Waals surface area contributed by atoms with Gasteiger partial charge in [0.15, 0.2) is 0 Å². The fraction of sp³-hybridized carbons (Fsp3) is 0. The van der Waals surface area contributed by atoms with Crippen molar-refractivity contribution >= 4 is 29.3 Å². The Hall–Kier alpha value is -4.71. The van der Waals surface area contributed by atoms with Crippen molar-refractivity contribution in [1.29, 1.82) is 5.26 Å². The van der Waals surface area contributed by atoms with E-state index in [9.17, 15) is 25.0 Å². The van der Waals surface area contributed by atoms with E-state index in [4.69, 9.17) is 9.52 Å². The van der Waals surface area contributed by atoms with Crippen LogP contribution in [0.3, 0.4) is 0 Å². The molecule has 30 heavy (non-hydrogen) atoms. The summed E-state index contributed by atoms with van der Waals surface area (Å²) >= 11 is 0. The smallest absolute Gasteiger partial charge is 0.335 e. The van der Waals surface area contributed by atoms with E-state index in [1.54, 1.807) is 30.3 Å². The Balaban J connectivity index is 1.78. The molecular weight excluding hydrogens is 390 g/mol. The molecule has 1 amide bonds. The SMILES string of the molecule is N#CC(=Cc1ccc(-c2ccc(C(=O)O)cc2)o1)C(=O)Nc1cccc([N+](=O)[O-])c1. The van der Waals surface area contributed by atoms with Crippen LogP contribution in [-0.2, 0) is 4.79 Å². The molecule has 0 aliphatic carbocycles. The number of nitro benzene ring substituents is 1. The van der Waals surface area contributed by atoms with Crippen LogP contribution >= 0.6 is 0 Å². The lowest BCUT2D eigenvalue weighted by Gasteiger charge is -2.03. The highest BCUT2D eigenvalue weighted by Crippen LogP contribution is 2.24. The molecular formula is C21H13N3O6. The quantitative estimate of drug-likeness (QED) is 0.272. The van der Waals surface area contributed by atoms with Gasteiger partial charge in [0.25, 0.3) is 11.6 Å². The van der Waals surface area contributed by atoms with E-state index in [0.29, 0.717) is 11.3 Å². The molecule has 3 rings (SSSR count). The largest absolute Gasteiger partial charge is 0.478 e. The van der Waals surface area contributed by atoms with Gasteiger partial charge in [0.2, 0.25) is 0 Å². The highest BCUT2D eigenvalue weighted by molar-refractivity contribution is 6.09. The van der Waals surface area contributed by atoms with Crippen LogP contribution in [0.2, 0.25) is 0 Å². The zero-order chi connectivity index (χ0) is 21.7. The summed E-state index contributed by atoms with van der Waals surface area (Å²) in [6.07, 6.45) is 1.24. The number of carbonyl (C=O) groups excluding carboxylic acids is 1. The van der Waals surface area contributed by atoms with E-state index in [1.165, 1.54) is 42.5 Å². The van der Waals surface area contributed by atoms with Crippen LogP contribution in [0, 0.1) is 21.4 Å². The van der Waals surface area contributed by atoms with Gasteiger partial charge in [-0.15, -0.1) is 0 Å². The number of hydrogen-bond donors (Lipinski definition) is 2. The Kier molecular flexibility index (Phi) is 5.70. The summed E-state index contributed by atoms with van der Waals surface area (Å²) in [5.74, 6) is -1.13. The topological polar surface area (TPSA) is 146 Å². The number of nitro groups is 1.